The molecule has 1 heterocycles. The number of hydrogen-bond acceptors (Lipinski definition) is 4. The van der Waals surface area contributed by atoms with Crippen molar-refractivity contribution in [2.75, 3.05) is 44.2 Å². The van der Waals surface area contributed by atoms with Gasteiger partial charge in [0.1, 0.15) is 17.1 Å². The lowest BCUT2D eigenvalue weighted by Crippen LogP contribution is -2.27. The Bertz CT molecular complexity index is 715. The zero-order chi connectivity index (χ0) is 17.8. The third-order valence-corrected chi connectivity index (χ3v) is 4.65. The lowest BCUT2D eigenvalue weighted by molar-refractivity contribution is 0.0987. The summed E-state index contributed by atoms with van der Waals surface area (Å²) in [5.41, 5.74) is 2.47. The Labute approximate surface area is 148 Å². The number of hydrogen-bond donors (Lipinski definition) is 0. The normalized spacial score (nSPS) is 13.6. The van der Waals surface area contributed by atoms with Crippen LogP contribution in [-0.4, -0.2) is 40.3 Å². The molecule has 1 aliphatic heterocycles. The summed E-state index contributed by atoms with van der Waals surface area (Å²) in [5, 5.41) is 0. The maximum atomic E-state index is 13.0. The number of methoxy groups -OCH3 is 2. The van der Waals surface area contributed by atoms with Gasteiger partial charge in [-0.3, -0.25) is 4.79 Å². The molecule has 5 heteroatoms. The molecule has 0 aromatic heterocycles. The van der Waals surface area contributed by atoms with E-state index >= 15 is 0 Å². The van der Waals surface area contributed by atoms with Gasteiger partial charge >= 0.3 is 0 Å². The van der Waals surface area contributed by atoms with Gasteiger partial charge in [-0.15, -0.1) is 0 Å². The van der Waals surface area contributed by atoms with Crippen molar-refractivity contribution < 1.29 is 14.3 Å². The molecule has 0 N–H and O–H groups in total. The quantitative estimate of drug-likeness (QED) is 0.834. The third kappa shape index (κ3) is 3.40. The number of carbonyl (C=O) groups is 1. The smallest absolute Gasteiger partial charge is 0.265 e. The highest BCUT2D eigenvalue weighted by Crippen LogP contribution is 2.31. The molecule has 5 nitrogen and oxygen atoms in total. The van der Waals surface area contributed by atoms with E-state index in [1.165, 1.54) is 18.5 Å². The molecule has 1 saturated heterocycles. The monoisotopic (exact) mass is 340 g/mol. The fraction of sp³-hybridized carbons (Fsp3) is 0.350. The highest BCUT2D eigenvalue weighted by molar-refractivity contribution is 6.09. The van der Waals surface area contributed by atoms with E-state index in [1.807, 2.05) is 12.1 Å². The summed E-state index contributed by atoms with van der Waals surface area (Å²) in [6.45, 7) is 2.21. The lowest BCUT2D eigenvalue weighted by atomic mass is 10.1. The minimum atomic E-state index is -0.164. The van der Waals surface area contributed by atoms with E-state index < -0.39 is 0 Å². The van der Waals surface area contributed by atoms with Crippen molar-refractivity contribution in [2.24, 2.45) is 0 Å². The van der Waals surface area contributed by atoms with Crippen molar-refractivity contribution >= 4 is 17.3 Å². The van der Waals surface area contributed by atoms with Crippen LogP contribution in [0, 0.1) is 0 Å². The first kappa shape index (κ1) is 17.1. The second-order valence-corrected chi connectivity index (χ2v) is 6.11. The highest BCUT2D eigenvalue weighted by Gasteiger charge is 2.22. The van der Waals surface area contributed by atoms with Crippen LogP contribution in [-0.2, 0) is 0 Å². The van der Waals surface area contributed by atoms with E-state index in [-0.39, 0.29) is 5.91 Å². The Morgan fingerprint density at radius 1 is 0.960 bits per heavy atom. The van der Waals surface area contributed by atoms with Gasteiger partial charge in [0.05, 0.1) is 14.2 Å². The van der Waals surface area contributed by atoms with Gasteiger partial charge in [0, 0.05) is 31.5 Å². The summed E-state index contributed by atoms with van der Waals surface area (Å²) in [7, 11) is 4.87. The molecule has 0 aliphatic carbocycles. The molecule has 3 rings (SSSR count). The fourth-order valence-corrected chi connectivity index (χ4v) is 3.21. The molecule has 2 aromatic rings. The van der Waals surface area contributed by atoms with Crippen molar-refractivity contribution in [3.8, 4) is 11.5 Å². The van der Waals surface area contributed by atoms with Gasteiger partial charge in [-0.25, -0.2) is 0 Å². The average Bonchev–Trinajstić information content (AvgIpc) is 3.21. The van der Waals surface area contributed by atoms with Crippen LogP contribution in [0.4, 0.5) is 11.4 Å². The number of anilines is 2. The molecule has 0 spiro atoms. The molecule has 1 aliphatic rings. The number of ether oxygens (including phenoxy) is 2. The molecule has 0 saturated carbocycles. The van der Waals surface area contributed by atoms with Crippen molar-refractivity contribution in [2.45, 2.75) is 12.8 Å². The lowest BCUT2D eigenvalue weighted by Gasteiger charge is -2.22. The van der Waals surface area contributed by atoms with Gasteiger partial charge in [-0.05, 0) is 49.2 Å². The fourth-order valence-electron chi connectivity index (χ4n) is 3.21. The first-order valence-corrected chi connectivity index (χ1v) is 8.49. The van der Waals surface area contributed by atoms with Crippen LogP contribution in [0.2, 0.25) is 0 Å². The van der Waals surface area contributed by atoms with E-state index in [0.29, 0.717) is 17.1 Å². The number of carbonyl (C=O) groups excluding carboxylic acids is 1. The van der Waals surface area contributed by atoms with Crippen LogP contribution in [0.1, 0.15) is 23.2 Å². The second kappa shape index (κ2) is 7.47. The number of rotatable bonds is 5. The second-order valence-electron chi connectivity index (χ2n) is 6.11. The van der Waals surface area contributed by atoms with Crippen molar-refractivity contribution in [1.82, 2.24) is 0 Å². The molecule has 2 aromatic carbocycles. The summed E-state index contributed by atoms with van der Waals surface area (Å²) >= 11 is 0. The van der Waals surface area contributed by atoms with Gasteiger partial charge < -0.3 is 19.3 Å². The van der Waals surface area contributed by atoms with E-state index in [1.54, 1.807) is 44.4 Å². The first-order valence-electron chi connectivity index (χ1n) is 8.49. The summed E-state index contributed by atoms with van der Waals surface area (Å²) in [5.74, 6) is 0.845. The topological polar surface area (TPSA) is 42.0 Å². The van der Waals surface area contributed by atoms with Crippen molar-refractivity contribution in [3.05, 3.63) is 48.0 Å². The minimum Gasteiger partial charge on any atom is -0.496 e. The van der Waals surface area contributed by atoms with Crippen molar-refractivity contribution in [3.63, 3.8) is 0 Å². The Balaban J connectivity index is 1.85. The molecule has 1 amide bonds. The number of amides is 1. The minimum absolute atomic E-state index is 0.164. The predicted octanol–water partition coefficient (Wildman–Crippen LogP) is 3.58. The molecule has 0 radical (unpaired) electrons. The van der Waals surface area contributed by atoms with Gasteiger partial charge in [0.25, 0.3) is 5.91 Å². The summed E-state index contributed by atoms with van der Waals surface area (Å²) in [4.78, 5) is 17.0. The van der Waals surface area contributed by atoms with Gasteiger partial charge in [0.2, 0.25) is 0 Å². The molecular formula is C20H24N2O3. The summed E-state index contributed by atoms with van der Waals surface area (Å²) in [6, 6.07) is 13.4. The largest absolute Gasteiger partial charge is 0.496 e. The zero-order valence-corrected chi connectivity index (χ0v) is 15.0. The Morgan fingerprint density at radius 2 is 1.52 bits per heavy atom. The number of nitrogens with zero attached hydrogens (tertiary/aromatic N) is 2. The Hall–Kier alpha value is -2.69. The highest BCUT2D eigenvalue weighted by atomic mass is 16.5. The standard InChI is InChI=1S/C20H24N2O3/c1-21(15-9-11-16(12-10-15)22-13-4-5-14-22)20(23)19-17(24-2)7-6-8-18(19)25-3/h6-12H,4-5,13-14H2,1-3H3. The predicted molar refractivity (Wildman–Crippen MR) is 100 cm³/mol. The summed E-state index contributed by atoms with van der Waals surface area (Å²) < 4.78 is 10.7. The maximum Gasteiger partial charge on any atom is 0.265 e. The van der Waals surface area contributed by atoms with Gasteiger partial charge in [-0.2, -0.15) is 0 Å². The van der Waals surface area contributed by atoms with Crippen molar-refractivity contribution in [1.29, 1.82) is 0 Å². The van der Waals surface area contributed by atoms with E-state index in [9.17, 15) is 4.79 Å². The van der Waals surface area contributed by atoms with Gasteiger partial charge in [-0.1, -0.05) is 6.07 Å². The zero-order valence-electron chi connectivity index (χ0n) is 15.0. The molecule has 132 valence electrons. The summed E-state index contributed by atoms with van der Waals surface area (Å²) in [6.07, 6.45) is 2.49. The van der Waals surface area contributed by atoms with E-state index in [2.05, 4.69) is 17.0 Å². The Morgan fingerprint density at radius 3 is 2.04 bits per heavy atom. The van der Waals surface area contributed by atoms with Crippen LogP contribution in [0.15, 0.2) is 42.5 Å². The maximum absolute atomic E-state index is 13.0. The molecule has 1 fully saturated rings. The van der Waals surface area contributed by atoms with Gasteiger partial charge in [0.15, 0.2) is 0 Å². The number of benzene rings is 2. The van der Waals surface area contributed by atoms with E-state index in [4.69, 9.17) is 9.47 Å². The first-order chi connectivity index (χ1) is 12.2. The van der Waals surface area contributed by atoms with Crippen LogP contribution in [0.3, 0.4) is 0 Å². The average molecular weight is 340 g/mol. The molecular weight excluding hydrogens is 316 g/mol. The van der Waals surface area contributed by atoms with Crippen LogP contribution in [0.5, 0.6) is 11.5 Å². The van der Waals surface area contributed by atoms with E-state index in [0.717, 1.165) is 18.8 Å². The Kier molecular flexibility index (Phi) is 5.12. The SMILES string of the molecule is COc1cccc(OC)c1C(=O)N(C)c1ccc(N2CCCC2)cc1. The molecule has 25 heavy (non-hydrogen) atoms. The molecule has 0 unspecified atom stereocenters. The third-order valence-electron chi connectivity index (χ3n) is 4.65. The van der Waals surface area contributed by atoms with Crippen LogP contribution < -0.4 is 19.3 Å². The van der Waals surface area contributed by atoms with Crippen LogP contribution in [0.25, 0.3) is 0 Å². The van der Waals surface area contributed by atoms with Crippen LogP contribution >= 0.6 is 0 Å². The molecule has 0 atom stereocenters. The molecule has 0 bridgehead atoms.